The van der Waals surface area contributed by atoms with Crippen molar-refractivity contribution in [3.63, 3.8) is 0 Å². The molecule has 0 amide bonds. The fourth-order valence-electron chi connectivity index (χ4n) is 2.74. The largest absolute Gasteiger partial charge is 0.320 e. The molecule has 0 aromatic carbocycles. The molecule has 2 heterocycles. The van der Waals surface area contributed by atoms with Gasteiger partial charge in [-0.1, -0.05) is 0 Å². The van der Waals surface area contributed by atoms with Gasteiger partial charge in [0.25, 0.3) is 0 Å². The molecule has 0 radical (unpaired) electrons. The molecule has 18 heavy (non-hydrogen) atoms. The van der Waals surface area contributed by atoms with Crippen molar-refractivity contribution in [3.8, 4) is 0 Å². The van der Waals surface area contributed by atoms with Gasteiger partial charge < -0.3 is 9.88 Å². The quantitative estimate of drug-likeness (QED) is 0.809. The van der Waals surface area contributed by atoms with E-state index in [2.05, 4.69) is 20.4 Å². The lowest BCUT2D eigenvalue weighted by atomic mass is 10.2. The molecule has 1 aliphatic heterocycles. The van der Waals surface area contributed by atoms with Gasteiger partial charge in [-0.25, -0.2) is 0 Å². The van der Waals surface area contributed by atoms with Crippen molar-refractivity contribution in [1.82, 2.24) is 25.0 Å². The number of aryl methyl sites for hydroxylation is 1. The summed E-state index contributed by atoms with van der Waals surface area (Å²) in [5, 5.41) is 11.8. The Hall–Kier alpha value is -0.940. The zero-order chi connectivity index (χ0) is 12.4. The first-order valence-electron chi connectivity index (χ1n) is 7.10. The molecule has 0 bridgehead atoms. The van der Waals surface area contributed by atoms with Crippen LogP contribution in [-0.4, -0.2) is 45.3 Å². The fraction of sp³-hybridized carbons (Fsp3) is 0.846. The number of nitrogens with zero attached hydrogens (tertiary/aromatic N) is 4. The topological polar surface area (TPSA) is 46.0 Å². The average Bonchev–Trinajstić information content (AvgIpc) is 2.84. The minimum Gasteiger partial charge on any atom is -0.320 e. The first-order valence-corrected chi connectivity index (χ1v) is 7.10. The summed E-state index contributed by atoms with van der Waals surface area (Å²) in [6, 6.07) is 0.678. The summed E-state index contributed by atoms with van der Waals surface area (Å²) in [6.45, 7) is 4.51. The second kappa shape index (κ2) is 5.36. The van der Waals surface area contributed by atoms with Crippen LogP contribution in [0.15, 0.2) is 6.33 Å². The van der Waals surface area contributed by atoms with Gasteiger partial charge in [-0.05, 0) is 38.1 Å². The molecule has 1 atom stereocenters. The van der Waals surface area contributed by atoms with Gasteiger partial charge in [0.05, 0.1) is 6.54 Å². The lowest BCUT2D eigenvalue weighted by Gasteiger charge is -2.25. The maximum atomic E-state index is 4.21. The van der Waals surface area contributed by atoms with Gasteiger partial charge in [0.1, 0.15) is 12.2 Å². The number of nitrogens with one attached hydrogen (secondary N) is 1. The molecule has 1 saturated carbocycles. The third-order valence-corrected chi connectivity index (χ3v) is 4.02. The van der Waals surface area contributed by atoms with Gasteiger partial charge in [-0.3, -0.25) is 4.90 Å². The van der Waals surface area contributed by atoms with Crippen LogP contribution < -0.4 is 5.32 Å². The SMILES string of the molecule is Cn1cnnc1CN(CC1CC1)CC1CCCN1. The standard InChI is InChI=1S/C13H23N5/c1-17-10-15-16-13(17)9-18(7-11-4-5-11)8-12-3-2-6-14-12/h10-12,14H,2-9H2,1H3. The fourth-order valence-corrected chi connectivity index (χ4v) is 2.74. The summed E-state index contributed by atoms with van der Waals surface area (Å²) in [5.74, 6) is 2.01. The Labute approximate surface area is 109 Å². The summed E-state index contributed by atoms with van der Waals surface area (Å²) in [4.78, 5) is 2.56. The lowest BCUT2D eigenvalue weighted by molar-refractivity contribution is 0.224. The van der Waals surface area contributed by atoms with Crippen molar-refractivity contribution in [1.29, 1.82) is 0 Å². The third-order valence-electron chi connectivity index (χ3n) is 4.02. The number of hydrogen-bond donors (Lipinski definition) is 1. The van der Waals surface area contributed by atoms with Crippen LogP contribution in [0.3, 0.4) is 0 Å². The van der Waals surface area contributed by atoms with E-state index < -0.39 is 0 Å². The van der Waals surface area contributed by atoms with E-state index in [1.54, 1.807) is 6.33 Å². The van der Waals surface area contributed by atoms with Crippen LogP contribution in [0, 0.1) is 5.92 Å². The Morgan fingerprint density at radius 1 is 1.39 bits per heavy atom. The Morgan fingerprint density at radius 2 is 2.28 bits per heavy atom. The van der Waals surface area contributed by atoms with E-state index in [0.717, 1.165) is 24.8 Å². The third kappa shape index (κ3) is 3.09. The minimum atomic E-state index is 0.678. The molecular weight excluding hydrogens is 226 g/mol. The average molecular weight is 249 g/mol. The van der Waals surface area contributed by atoms with Crippen LogP contribution in [0.2, 0.25) is 0 Å². The van der Waals surface area contributed by atoms with E-state index in [4.69, 9.17) is 0 Å². The van der Waals surface area contributed by atoms with E-state index in [-0.39, 0.29) is 0 Å². The molecule has 3 rings (SSSR count). The maximum absolute atomic E-state index is 4.21. The van der Waals surface area contributed by atoms with Gasteiger partial charge in [0.2, 0.25) is 0 Å². The molecule has 1 N–H and O–H groups in total. The Morgan fingerprint density at radius 3 is 2.89 bits per heavy atom. The van der Waals surface area contributed by atoms with Gasteiger partial charge in [-0.2, -0.15) is 0 Å². The van der Waals surface area contributed by atoms with E-state index in [1.165, 1.54) is 38.8 Å². The number of hydrogen-bond acceptors (Lipinski definition) is 4. The van der Waals surface area contributed by atoms with Crippen molar-refractivity contribution in [2.24, 2.45) is 13.0 Å². The van der Waals surface area contributed by atoms with Crippen molar-refractivity contribution in [2.45, 2.75) is 38.3 Å². The lowest BCUT2D eigenvalue weighted by Crippen LogP contribution is -2.38. The van der Waals surface area contributed by atoms with Crippen LogP contribution in [-0.2, 0) is 13.6 Å². The van der Waals surface area contributed by atoms with Gasteiger partial charge in [0, 0.05) is 26.2 Å². The monoisotopic (exact) mass is 249 g/mol. The van der Waals surface area contributed by atoms with E-state index in [0.29, 0.717) is 6.04 Å². The summed E-state index contributed by atoms with van der Waals surface area (Å²) >= 11 is 0. The van der Waals surface area contributed by atoms with E-state index in [9.17, 15) is 0 Å². The second-order valence-electron chi connectivity index (χ2n) is 5.79. The minimum absolute atomic E-state index is 0.678. The first-order chi connectivity index (χ1) is 8.81. The van der Waals surface area contributed by atoms with Crippen molar-refractivity contribution >= 4 is 0 Å². The molecule has 1 unspecified atom stereocenters. The summed E-state index contributed by atoms with van der Waals surface area (Å²) in [6.07, 6.45) is 7.26. The molecule has 5 nitrogen and oxygen atoms in total. The predicted molar refractivity (Wildman–Crippen MR) is 70.0 cm³/mol. The van der Waals surface area contributed by atoms with Gasteiger partial charge >= 0.3 is 0 Å². The highest BCUT2D eigenvalue weighted by Crippen LogP contribution is 2.30. The summed E-state index contributed by atoms with van der Waals surface area (Å²) < 4.78 is 2.03. The van der Waals surface area contributed by atoms with Crippen LogP contribution in [0.1, 0.15) is 31.5 Å². The predicted octanol–water partition coefficient (Wildman–Crippen LogP) is 0.779. The van der Waals surface area contributed by atoms with E-state index >= 15 is 0 Å². The van der Waals surface area contributed by atoms with Gasteiger partial charge in [0.15, 0.2) is 0 Å². The molecule has 100 valence electrons. The Kier molecular flexibility index (Phi) is 3.61. The van der Waals surface area contributed by atoms with Crippen LogP contribution >= 0.6 is 0 Å². The molecular formula is C13H23N5. The van der Waals surface area contributed by atoms with Crippen LogP contribution in [0.25, 0.3) is 0 Å². The van der Waals surface area contributed by atoms with Gasteiger partial charge in [-0.15, -0.1) is 10.2 Å². The highest BCUT2D eigenvalue weighted by molar-refractivity contribution is 4.88. The van der Waals surface area contributed by atoms with Crippen molar-refractivity contribution in [2.75, 3.05) is 19.6 Å². The molecule has 1 saturated heterocycles. The number of rotatable bonds is 6. The second-order valence-corrected chi connectivity index (χ2v) is 5.79. The Balaban J connectivity index is 1.59. The molecule has 2 aliphatic rings. The van der Waals surface area contributed by atoms with Crippen LogP contribution in [0.5, 0.6) is 0 Å². The Bertz CT molecular complexity index is 378. The highest BCUT2D eigenvalue weighted by Gasteiger charge is 2.27. The molecule has 0 spiro atoms. The maximum Gasteiger partial charge on any atom is 0.146 e. The zero-order valence-corrected chi connectivity index (χ0v) is 11.2. The molecule has 1 aromatic rings. The number of aromatic nitrogens is 3. The first kappa shape index (κ1) is 12.1. The normalized spacial score (nSPS) is 24.0. The van der Waals surface area contributed by atoms with E-state index in [1.807, 2.05) is 11.6 Å². The van der Waals surface area contributed by atoms with Crippen LogP contribution in [0.4, 0.5) is 0 Å². The molecule has 1 aliphatic carbocycles. The summed E-state index contributed by atoms with van der Waals surface area (Å²) in [7, 11) is 2.03. The molecule has 2 fully saturated rings. The summed E-state index contributed by atoms with van der Waals surface area (Å²) in [5.41, 5.74) is 0. The highest BCUT2D eigenvalue weighted by atomic mass is 15.3. The smallest absolute Gasteiger partial charge is 0.146 e. The van der Waals surface area contributed by atoms with Crippen molar-refractivity contribution in [3.05, 3.63) is 12.2 Å². The molecule has 5 heteroatoms. The molecule has 1 aromatic heterocycles. The van der Waals surface area contributed by atoms with Crippen molar-refractivity contribution < 1.29 is 0 Å². The zero-order valence-electron chi connectivity index (χ0n) is 11.2.